The monoisotopic (exact) mass is 504 g/mol. The Morgan fingerprint density at radius 3 is 2.25 bits per heavy atom. The Hall–Kier alpha value is -4.19. The van der Waals surface area contributed by atoms with Crippen molar-refractivity contribution in [1.82, 2.24) is 14.9 Å². The highest BCUT2D eigenvalue weighted by atomic mass is 19.4. The Labute approximate surface area is 203 Å². The number of ether oxygens (including phenoxy) is 1. The maximum atomic E-state index is 13.2. The number of aliphatic hydroxyl groups is 1. The Kier molecular flexibility index (Phi) is 8.79. The second-order valence-electron chi connectivity index (χ2n) is 7.78. The summed E-state index contributed by atoms with van der Waals surface area (Å²) >= 11 is 0. The quantitative estimate of drug-likeness (QED) is 0.412. The van der Waals surface area contributed by atoms with Crippen molar-refractivity contribution in [2.24, 2.45) is 0 Å². The zero-order valence-electron chi connectivity index (χ0n) is 18.8. The number of amides is 2. The van der Waals surface area contributed by atoms with E-state index < -0.39 is 42.4 Å². The number of nitrogens with one attached hydrogen (secondary N) is 2. The minimum Gasteiger partial charge on any atom is -0.444 e. The number of hydrogen-bond acceptors (Lipinski definition) is 6. The average molecular weight is 504 g/mol. The molecule has 1 heterocycles. The first kappa shape index (κ1) is 26.4. The molecule has 9 nitrogen and oxygen atoms in total. The molecule has 36 heavy (non-hydrogen) atoms. The molecule has 3 N–H and O–H groups in total. The van der Waals surface area contributed by atoms with Gasteiger partial charge >= 0.3 is 12.3 Å². The number of hydrogen-bond donors (Lipinski definition) is 3. The van der Waals surface area contributed by atoms with Gasteiger partial charge in [0.1, 0.15) is 18.8 Å². The number of rotatable bonds is 9. The zero-order chi connectivity index (χ0) is 26.1. The van der Waals surface area contributed by atoms with Gasteiger partial charge in [-0.1, -0.05) is 60.7 Å². The summed E-state index contributed by atoms with van der Waals surface area (Å²) in [5.41, 5.74) is 0.0662. The van der Waals surface area contributed by atoms with Gasteiger partial charge in [-0.05, 0) is 17.5 Å². The van der Waals surface area contributed by atoms with Gasteiger partial charge in [0.25, 0.3) is 5.56 Å². The van der Waals surface area contributed by atoms with Crippen molar-refractivity contribution < 1.29 is 32.6 Å². The van der Waals surface area contributed by atoms with E-state index in [0.717, 1.165) is 22.7 Å². The van der Waals surface area contributed by atoms with Crippen LogP contribution in [0.3, 0.4) is 0 Å². The molecule has 2 unspecified atom stereocenters. The predicted octanol–water partition coefficient (Wildman–Crippen LogP) is 2.64. The van der Waals surface area contributed by atoms with Crippen LogP contribution in [0.15, 0.2) is 78.0 Å². The first-order chi connectivity index (χ1) is 17.1. The number of halogens is 3. The highest BCUT2D eigenvalue weighted by Crippen LogP contribution is 2.24. The second-order valence-corrected chi connectivity index (χ2v) is 7.78. The fourth-order valence-corrected chi connectivity index (χ4v) is 3.26. The average Bonchev–Trinajstić information content (AvgIpc) is 2.85. The smallest absolute Gasteiger partial charge is 0.416 e. The van der Waals surface area contributed by atoms with E-state index in [4.69, 9.17) is 4.74 Å². The number of alkyl halides is 3. The Balaban J connectivity index is 1.65. The summed E-state index contributed by atoms with van der Waals surface area (Å²) in [4.78, 5) is 40.9. The molecule has 2 amide bonds. The van der Waals surface area contributed by atoms with Crippen molar-refractivity contribution >= 4 is 17.7 Å². The molecule has 0 bridgehead atoms. The molecular formula is C24H23F3N4O5. The number of carbonyl (C=O) groups is 2. The highest BCUT2D eigenvalue weighted by Gasteiger charge is 2.44. The van der Waals surface area contributed by atoms with E-state index in [1.54, 1.807) is 60.7 Å². The van der Waals surface area contributed by atoms with Crippen LogP contribution >= 0.6 is 0 Å². The molecule has 2 atom stereocenters. The lowest BCUT2D eigenvalue weighted by molar-refractivity contribution is -0.212. The molecule has 1 aromatic heterocycles. The van der Waals surface area contributed by atoms with Crippen molar-refractivity contribution in [1.29, 1.82) is 0 Å². The molecular weight excluding hydrogens is 481 g/mol. The molecule has 0 fully saturated rings. The van der Waals surface area contributed by atoms with Crippen LogP contribution in [-0.2, 0) is 29.1 Å². The van der Waals surface area contributed by atoms with Crippen molar-refractivity contribution in [3.63, 3.8) is 0 Å². The largest absolute Gasteiger partial charge is 0.444 e. The van der Waals surface area contributed by atoms with E-state index in [-0.39, 0.29) is 18.7 Å². The van der Waals surface area contributed by atoms with Crippen molar-refractivity contribution in [3.05, 3.63) is 94.7 Å². The van der Waals surface area contributed by atoms with Crippen LogP contribution in [0.2, 0.25) is 0 Å². The number of carbonyl (C=O) groups excluding carboxylic acids is 2. The molecule has 3 rings (SSSR count). The molecule has 3 aromatic rings. The fraction of sp³-hybridized carbons (Fsp3) is 0.250. The molecule has 0 aliphatic rings. The standard InChI is InChI=1S/C24H23F3N4O5/c25-24(26,27)21(33)18(11-16-7-3-1-4-8-16)29-20(32)13-31-15-28-12-19(22(31)34)30-23(35)36-14-17-9-5-2-6-10-17/h1-10,12,15,18,21,33H,11,13-14H2,(H,29,32)(H,30,35). The number of aromatic nitrogens is 2. The number of benzene rings is 2. The van der Waals surface area contributed by atoms with Gasteiger partial charge in [-0.25, -0.2) is 9.78 Å². The fourth-order valence-electron chi connectivity index (χ4n) is 3.26. The topological polar surface area (TPSA) is 123 Å². The van der Waals surface area contributed by atoms with Crippen molar-refractivity contribution in [2.45, 2.75) is 37.9 Å². The summed E-state index contributed by atoms with van der Waals surface area (Å²) in [6.07, 6.45) is -6.99. The summed E-state index contributed by atoms with van der Waals surface area (Å²) in [6, 6.07) is 15.1. The van der Waals surface area contributed by atoms with E-state index in [2.05, 4.69) is 15.6 Å². The normalized spacial score (nSPS) is 12.9. The van der Waals surface area contributed by atoms with Gasteiger partial charge in [-0.2, -0.15) is 13.2 Å². The zero-order valence-corrected chi connectivity index (χ0v) is 18.8. The minimum absolute atomic E-state index is 0.0478. The molecule has 0 aliphatic carbocycles. The van der Waals surface area contributed by atoms with Gasteiger partial charge in [-0.15, -0.1) is 0 Å². The molecule has 0 aliphatic heterocycles. The Morgan fingerprint density at radius 2 is 1.64 bits per heavy atom. The van der Waals surface area contributed by atoms with Crippen LogP contribution in [0.25, 0.3) is 0 Å². The van der Waals surface area contributed by atoms with E-state index in [9.17, 15) is 32.7 Å². The van der Waals surface area contributed by atoms with Gasteiger partial charge in [-0.3, -0.25) is 19.5 Å². The third-order valence-corrected chi connectivity index (χ3v) is 5.03. The number of aliphatic hydroxyl groups excluding tert-OH is 1. The van der Waals surface area contributed by atoms with Gasteiger partial charge in [0.05, 0.1) is 18.6 Å². The predicted molar refractivity (Wildman–Crippen MR) is 123 cm³/mol. The first-order valence-corrected chi connectivity index (χ1v) is 10.7. The van der Waals surface area contributed by atoms with E-state index in [0.29, 0.717) is 5.56 Å². The van der Waals surface area contributed by atoms with Crippen LogP contribution in [0.4, 0.5) is 23.7 Å². The van der Waals surface area contributed by atoms with E-state index >= 15 is 0 Å². The summed E-state index contributed by atoms with van der Waals surface area (Å²) in [5.74, 6) is -0.966. The van der Waals surface area contributed by atoms with Gasteiger partial charge in [0.15, 0.2) is 6.10 Å². The molecule has 0 saturated carbocycles. The maximum absolute atomic E-state index is 13.2. The Morgan fingerprint density at radius 1 is 1.03 bits per heavy atom. The summed E-state index contributed by atoms with van der Waals surface area (Å²) in [5, 5.41) is 14.1. The lowest BCUT2D eigenvalue weighted by Gasteiger charge is -2.26. The SMILES string of the molecule is O=C(Cn1cncc(NC(=O)OCc2ccccc2)c1=O)NC(Cc1ccccc1)C(O)C(F)(F)F. The Bertz CT molecular complexity index is 1220. The molecule has 2 aromatic carbocycles. The van der Waals surface area contributed by atoms with Crippen LogP contribution in [0.5, 0.6) is 0 Å². The van der Waals surface area contributed by atoms with Crippen LogP contribution in [-0.4, -0.2) is 45.0 Å². The van der Waals surface area contributed by atoms with E-state index in [1.165, 1.54) is 0 Å². The van der Waals surface area contributed by atoms with Crippen molar-refractivity contribution in [3.8, 4) is 0 Å². The molecule has 0 saturated heterocycles. The number of anilines is 1. The van der Waals surface area contributed by atoms with Gasteiger partial charge < -0.3 is 15.2 Å². The highest BCUT2D eigenvalue weighted by molar-refractivity contribution is 5.84. The molecule has 0 spiro atoms. The maximum Gasteiger partial charge on any atom is 0.416 e. The third-order valence-electron chi connectivity index (χ3n) is 5.03. The lowest BCUT2D eigenvalue weighted by atomic mass is 10.0. The van der Waals surface area contributed by atoms with E-state index in [1.807, 2.05) is 0 Å². The summed E-state index contributed by atoms with van der Waals surface area (Å²) < 4.78 is 45.4. The minimum atomic E-state index is -4.98. The lowest BCUT2D eigenvalue weighted by Crippen LogP contribution is -2.52. The summed E-state index contributed by atoms with van der Waals surface area (Å²) in [7, 11) is 0. The van der Waals surface area contributed by atoms with Crippen LogP contribution < -0.4 is 16.2 Å². The van der Waals surface area contributed by atoms with Crippen LogP contribution in [0.1, 0.15) is 11.1 Å². The third kappa shape index (κ3) is 7.67. The van der Waals surface area contributed by atoms with Crippen LogP contribution in [0, 0.1) is 0 Å². The molecule has 12 heteroatoms. The van der Waals surface area contributed by atoms with Crippen molar-refractivity contribution in [2.75, 3.05) is 5.32 Å². The van der Waals surface area contributed by atoms with Gasteiger partial charge in [0, 0.05) is 0 Å². The summed E-state index contributed by atoms with van der Waals surface area (Å²) in [6.45, 7) is -0.746. The second kappa shape index (κ2) is 12.0. The first-order valence-electron chi connectivity index (χ1n) is 10.7. The number of nitrogens with zero attached hydrogens (tertiary/aromatic N) is 2. The molecule has 190 valence electrons. The molecule has 0 radical (unpaired) electrons. The van der Waals surface area contributed by atoms with Gasteiger partial charge in [0.2, 0.25) is 5.91 Å².